The summed E-state index contributed by atoms with van der Waals surface area (Å²) in [6.07, 6.45) is -0.610. The molecule has 5 aromatic rings. The summed E-state index contributed by atoms with van der Waals surface area (Å²) in [5.74, 6) is -0.488. The number of aliphatic carboxylic acids is 1. The van der Waals surface area contributed by atoms with Crippen LogP contribution < -0.4 is 26.5 Å². The number of ether oxygens (including phenoxy) is 3. The van der Waals surface area contributed by atoms with Crippen LogP contribution in [0.5, 0.6) is 11.5 Å². The molecule has 0 spiro atoms. The third-order valence-corrected chi connectivity index (χ3v) is 12.5. The van der Waals surface area contributed by atoms with Gasteiger partial charge in [0.15, 0.2) is 34.9 Å². The predicted octanol–water partition coefficient (Wildman–Crippen LogP) is 6.17. The largest absolute Gasteiger partial charge is 0.489 e. The standard InChI is InChI=1S/C25H25F3N2O6.C14H12ClNO4S.C5H12NO4P/c1-5-16-6-7-17(20(12-16)36-15(2)23(32)34-4)14-35-19-10-8-18(9-11-19)30-22(31)13-21(25(26,27)28)29(3)24(30)33;1-21(18,19)12-6-9(15)4-5-10(12)13(17)11-7-16-20-14(11)8-2-3-8;1-11(9,10)3-2-4(6)5(7)8/h6-13,15H,5,14H2,1-4H3;4-8H,2-3H2,1H3;4H,2-3,6H2,1H3,(H,7,8)(H,9,10). The van der Waals surface area contributed by atoms with Crippen LogP contribution in [0, 0.1) is 0 Å². The Morgan fingerprint density at radius 2 is 1.69 bits per heavy atom. The molecule has 368 valence electrons. The van der Waals surface area contributed by atoms with Gasteiger partial charge >= 0.3 is 23.8 Å². The number of alkyl halides is 3. The molecule has 0 aliphatic heterocycles. The SMILES string of the molecule is CCc1ccc(COc2ccc(-n3c(=O)cc(C(F)(F)F)n(C)c3=O)cc2)c(OC(C)C(=O)OC)c1.CP(=O)(O)CCC(N)C(=O)O.CS(=O)(=O)c1cc(Cl)ccc1C(=O)c1cnoc1C1CC1. The van der Waals surface area contributed by atoms with Crippen molar-refractivity contribution >= 4 is 46.5 Å². The zero-order valence-corrected chi connectivity index (χ0v) is 39.9. The quantitative estimate of drug-likeness (QED) is 0.0567. The summed E-state index contributed by atoms with van der Waals surface area (Å²) in [5.41, 5.74) is 3.70. The fraction of sp³-hybridized carbons (Fsp3) is 0.364. The van der Waals surface area contributed by atoms with Crippen LogP contribution in [0.4, 0.5) is 13.2 Å². The van der Waals surface area contributed by atoms with E-state index in [0.717, 1.165) is 38.1 Å². The molecule has 68 heavy (non-hydrogen) atoms. The number of carbonyl (C=O) groups excluding carboxylic acids is 2. The van der Waals surface area contributed by atoms with E-state index in [0.29, 0.717) is 43.6 Å². The monoisotopic (exact) mass is 1010 g/mol. The highest BCUT2D eigenvalue weighted by atomic mass is 35.5. The predicted molar refractivity (Wildman–Crippen MR) is 242 cm³/mol. The van der Waals surface area contributed by atoms with E-state index in [1.165, 1.54) is 62.4 Å². The molecule has 18 nitrogen and oxygen atoms in total. The number of nitrogens with two attached hydrogens (primary N) is 1. The normalized spacial score (nSPS) is 14.2. The van der Waals surface area contributed by atoms with Crippen LogP contribution in [0.1, 0.15) is 77.5 Å². The molecule has 1 fully saturated rings. The van der Waals surface area contributed by atoms with E-state index in [4.69, 9.17) is 46.1 Å². The van der Waals surface area contributed by atoms with Crippen molar-refractivity contribution in [3.05, 3.63) is 132 Å². The third kappa shape index (κ3) is 15.0. The number of aromatic nitrogens is 3. The first-order valence-electron chi connectivity index (χ1n) is 20.4. The molecule has 1 saturated carbocycles. The molecule has 1 aliphatic rings. The van der Waals surface area contributed by atoms with Gasteiger partial charge in [-0.2, -0.15) is 13.2 Å². The van der Waals surface area contributed by atoms with E-state index in [-0.39, 0.29) is 46.3 Å². The van der Waals surface area contributed by atoms with Crippen LogP contribution in [-0.4, -0.2) is 88.8 Å². The van der Waals surface area contributed by atoms with Gasteiger partial charge in [-0.3, -0.25) is 23.5 Å². The Balaban J connectivity index is 0.000000263. The van der Waals surface area contributed by atoms with E-state index >= 15 is 0 Å². The lowest BCUT2D eigenvalue weighted by Crippen LogP contribution is -2.40. The smallest absolute Gasteiger partial charge is 0.431 e. The molecule has 24 heteroatoms. The highest BCUT2D eigenvalue weighted by molar-refractivity contribution is 7.90. The molecule has 3 unspecified atom stereocenters. The van der Waals surface area contributed by atoms with Gasteiger partial charge in [0.2, 0.25) is 0 Å². The summed E-state index contributed by atoms with van der Waals surface area (Å²) >= 11 is 5.84. The zero-order valence-electron chi connectivity index (χ0n) is 37.5. The van der Waals surface area contributed by atoms with E-state index in [9.17, 15) is 50.1 Å². The maximum Gasteiger partial charge on any atom is 0.431 e. The van der Waals surface area contributed by atoms with Gasteiger partial charge in [-0.15, -0.1) is 0 Å². The molecule has 3 aromatic carbocycles. The van der Waals surface area contributed by atoms with Gasteiger partial charge in [0.05, 0.1) is 29.5 Å². The van der Waals surface area contributed by atoms with Crippen molar-refractivity contribution in [3.8, 4) is 17.2 Å². The van der Waals surface area contributed by atoms with E-state index < -0.39 is 70.2 Å². The lowest BCUT2D eigenvalue weighted by Gasteiger charge is -2.17. The lowest BCUT2D eigenvalue weighted by molar-refractivity contribution is -0.148. The van der Waals surface area contributed by atoms with Crippen LogP contribution in [0.3, 0.4) is 0 Å². The summed E-state index contributed by atoms with van der Waals surface area (Å²) in [4.78, 5) is 67.9. The molecule has 0 bridgehead atoms. The first-order valence-corrected chi connectivity index (χ1v) is 25.0. The fourth-order valence-corrected chi connectivity index (χ4v) is 8.03. The van der Waals surface area contributed by atoms with Crippen LogP contribution in [0.25, 0.3) is 5.69 Å². The topological polar surface area (TPSA) is 267 Å². The van der Waals surface area contributed by atoms with Gasteiger partial charge in [-0.05, 0) is 86.7 Å². The molecule has 6 rings (SSSR count). The summed E-state index contributed by atoms with van der Waals surface area (Å²) < 4.78 is 96.0. The van der Waals surface area contributed by atoms with Crippen molar-refractivity contribution in [3.63, 3.8) is 0 Å². The van der Waals surface area contributed by atoms with Gasteiger partial charge < -0.3 is 34.5 Å². The van der Waals surface area contributed by atoms with Crippen LogP contribution >= 0.6 is 19.0 Å². The number of hydrogen-bond acceptors (Lipinski definition) is 14. The molecule has 0 amide bonds. The highest BCUT2D eigenvalue weighted by Crippen LogP contribution is 2.42. The molecule has 0 radical (unpaired) electrons. The van der Waals surface area contributed by atoms with Crippen molar-refractivity contribution in [1.82, 2.24) is 14.3 Å². The van der Waals surface area contributed by atoms with Gasteiger partial charge in [0, 0.05) is 54.3 Å². The summed E-state index contributed by atoms with van der Waals surface area (Å²) in [5, 5.41) is 12.2. The first-order chi connectivity index (χ1) is 31.7. The van der Waals surface area contributed by atoms with E-state index in [1.807, 2.05) is 25.1 Å². The molecule has 3 atom stereocenters. The van der Waals surface area contributed by atoms with Crippen molar-refractivity contribution in [2.75, 3.05) is 26.2 Å². The van der Waals surface area contributed by atoms with Crippen molar-refractivity contribution < 1.29 is 69.3 Å². The molecular weight excluding hydrogens is 964 g/mol. The Morgan fingerprint density at radius 3 is 2.24 bits per heavy atom. The maximum atomic E-state index is 13.1. The average molecular weight is 1010 g/mol. The third-order valence-electron chi connectivity index (χ3n) is 10.0. The number of rotatable bonds is 16. The Labute approximate surface area is 392 Å². The number of nitrogens with zero attached hydrogens (tertiary/aromatic N) is 3. The second-order valence-corrected chi connectivity index (χ2v) is 20.5. The van der Waals surface area contributed by atoms with Crippen molar-refractivity contribution in [2.45, 2.75) is 75.3 Å². The Kier molecular flexibility index (Phi) is 18.3. The van der Waals surface area contributed by atoms with Crippen LogP contribution in [0.2, 0.25) is 5.02 Å². The fourth-order valence-electron chi connectivity index (χ4n) is 6.14. The number of benzene rings is 3. The number of sulfone groups is 1. The zero-order chi connectivity index (χ0) is 50.9. The Hall–Kier alpha value is -6.06. The Morgan fingerprint density at radius 1 is 1.04 bits per heavy atom. The van der Waals surface area contributed by atoms with Crippen LogP contribution in [-0.2, 0) is 55.0 Å². The molecule has 2 heterocycles. The molecule has 4 N–H and O–H groups in total. The second kappa shape index (κ2) is 22.8. The Bertz CT molecular complexity index is 2910. The van der Waals surface area contributed by atoms with Gasteiger partial charge in [0.25, 0.3) is 5.56 Å². The number of methoxy groups -OCH3 is 1. The summed E-state index contributed by atoms with van der Waals surface area (Å²) in [6, 6.07) is 14.8. The molecular formula is C44H49ClF3N4O14PS. The number of carboxylic acids is 1. The average Bonchev–Trinajstić information content (AvgIpc) is 4.00. The molecule has 0 saturated heterocycles. The van der Waals surface area contributed by atoms with Gasteiger partial charge in [-0.1, -0.05) is 35.8 Å². The van der Waals surface area contributed by atoms with E-state index in [1.54, 1.807) is 6.92 Å². The number of aryl methyl sites for hydroxylation is 1. The number of carboxylic acid groups (broad SMARTS) is 1. The molecule has 2 aromatic heterocycles. The molecule has 1 aliphatic carbocycles. The van der Waals surface area contributed by atoms with Crippen molar-refractivity contribution in [1.29, 1.82) is 0 Å². The second-order valence-electron chi connectivity index (χ2n) is 15.5. The van der Waals surface area contributed by atoms with Crippen LogP contribution in [0.15, 0.2) is 91.9 Å². The minimum absolute atomic E-state index is 0.0412. The number of hydrogen-bond donors (Lipinski definition) is 3. The lowest BCUT2D eigenvalue weighted by atomic mass is 10.0. The number of halogens is 4. The minimum atomic E-state index is -4.84. The van der Waals surface area contributed by atoms with Crippen molar-refractivity contribution in [2.24, 2.45) is 12.8 Å². The van der Waals surface area contributed by atoms with Gasteiger partial charge in [0.1, 0.15) is 29.8 Å². The van der Waals surface area contributed by atoms with Gasteiger partial charge in [-0.25, -0.2) is 22.6 Å². The highest BCUT2D eigenvalue weighted by Gasteiger charge is 2.36. The maximum absolute atomic E-state index is 13.1. The number of ketones is 1. The number of carbonyl (C=O) groups is 3. The summed E-state index contributed by atoms with van der Waals surface area (Å²) in [7, 11) is -4.45. The van der Waals surface area contributed by atoms with E-state index in [2.05, 4.69) is 5.16 Å². The minimum Gasteiger partial charge on any atom is -0.489 e. The summed E-state index contributed by atoms with van der Waals surface area (Å²) in [6.45, 7) is 4.81. The first kappa shape index (κ1) is 54.5. The number of esters is 1.